The zero-order valence-electron chi connectivity index (χ0n) is 11.7. The number of likely N-dealkylation sites (tertiary alicyclic amines) is 2. The number of hydrogen-bond acceptors (Lipinski definition) is 4. The van der Waals surface area contributed by atoms with E-state index in [0.29, 0.717) is 12.0 Å². The largest absolute Gasteiger partial charge is 0.358 e. The molecule has 1 aromatic heterocycles. The molecule has 5 nitrogen and oxygen atoms in total. The average Bonchev–Trinajstić information content (AvgIpc) is 3.15. The van der Waals surface area contributed by atoms with Crippen molar-refractivity contribution in [2.75, 3.05) is 27.2 Å². The molecule has 6 heteroatoms. The van der Waals surface area contributed by atoms with Crippen LogP contribution < -0.4 is 5.32 Å². The number of fused-ring (bicyclic) bond motifs is 1. The van der Waals surface area contributed by atoms with Gasteiger partial charge in [-0.15, -0.1) is 11.3 Å². The lowest BCUT2D eigenvalue weighted by molar-refractivity contribution is -0.125. The predicted molar refractivity (Wildman–Crippen MR) is 77.7 cm³/mol. The fourth-order valence-electron chi connectivity index (χ4n) is 3.41. The molecule has 3 heterocycles. The van der Waals surface area contributed by atoms with Crippen LogP contribution >= 0.6 is 11.3 Å². The summed E-state index contributed by atoms with van der Waals surface area (Å²) in [7, 11) is 3.67. The molecule has 3 rings (SSSR count). The van der Waals surface area contributed by atoms with Gasteiger partial charge < -0.3 is 10.2 Å². The van der Waals surface area contributed by atoms with Crippen molar-refractivity contribution in [2.45, 2.75) is 18.5 Å². The van der Waals surface area contributed by atoms with E-state index in [1.165, 1.54) is 11.3 Å². The van der Waals surface area contributed by atoms with Gasteiger partial charge in [0.2, 0.25) is 5.91 Å². The molecule has 0 saturated carbocycles. The van der Waals surface area contributed by atoms with Gasteiger partial charge in [-0.2, -0.15) is 0 Å². The van der Waals surface area contributed by atoms with Gasteiger partial charge in [0.05, 0.1) is 10.9 Å². The first-order valence-corrected chi connectivity index (χ1v) is 7.76. The van der Waals surface area contributed by atoms with Crippen molar-refractivity contribution in [1.29, 1.82) is 0 Å². The molecule has 2 aliphatic rings. The summed E-state index contributed by atoms with van der Waals surface area (Å²) in [5.41, 5.74) is 0. The van der Waals surface area contributed by atoms with Crippen LogP contribution in [-0.2, 0) is 4.79 Å². The highest BCUT2D eigenvalue weighted by Crippen LogP contribution is 2.35. The molecule has 3 atom stereocenters. The van der Waals surface area contributed by atoms with Crippen LogP contribution in [0.2, 0.25) is 0 Å². The molecular formula is C14H19N3O2S. The van der Waals surface area contributed by atoms with Crippen molar-refractivity contribution in [3.63, 3.8) is 0 Å². The standard InChI is InChI=1S/C14H19N3O2S/c1-15-13(18)10-6-9-7-17(8-11(9)16(10)2)14(19)12-4-3-5-20-12/h3-5,9-11H,6-8H2,1-2H3,(H,15,18)/t9-,10-,11+/m0/s1. The highest BCUT2D eigenvalue weighted by Gasteiger charge is 2.48. The molecule has 0 unspecified atom stereocenters. The molecule has 0 aromatic carbocycles. The first kappa shape index (κ1) is 13.6. The summed E-state index contributed by atoms with van der Waals surface area (Å²) in [6.07, 6.45) is 0.842. The maximum absolute atomic E-state index is 12.4. The molecule has 108 valence electrons. The van der Waals surface area contributed by atoms with Gasteiger partial charge in [0, 0.05) is 26.2 Å². The van der Waals surface area contributed by atoms with Gasteiger partial charge in [0.25, 0.3) is 5.91 Å². The zero-order chi connectivity index (χ0) is 14.3. The lowest BCUT2D eigenvalue weighted by atomic mass is 10.0. The van der Waals surface area contributed by atoms with E-state index in [2.05, 4.69) is 10.2 Å². The molecule has 1 N–H and O–H groups in total. The Morgan fingerprint density at radius 2 is 2.20 bits per heavy atom. The van der Waals surface area contributed by atoms with E-state index >= 15 is 0 Å². The van der Waals surface area contributed by atoms with Gasteiger partial charge >= 0.3 is 0 Å². The second kappa shape index (κ2) is 5.18. The summed E-state index contributed by atoms with van der Waals surface area (Å²) >= 11 is 1.49. The summed E-state index contributed by atoms with van der Waals surface area (Å²) < 4.78 is 0. The third kappa shape index (κ3) is 2.13. The highest BCUT2D eigenvalue weighted by atomic mass is 32.1. The number of hydrogen-bond donors (Lipinski definition) is 1. The number of nitrogens with zero attached hydrogens (tertiary/aromatic N) is 2. The van der Waals surface area contributed by atoms with Crippen molar-refractivity contribution < 1.29 is 9.59 Å². The Labute approximate surface area is 122 Å². The molecule has 0 aliphatic carbocycles. The van der Waals surface area contributed by atoms with Gasteiger partial charge in [-0.1, -0.05) is 6.07 Å². The van der Waals surface area contributed by atoms with Crippen molar-refractivity contribution in [2.24, 2.45) is 5.92 Å². The van der Waals surface area contributed by atoms with E-state index in [0.717, 1.165) is 24.4 Å². The molecule has 2 aliphatic heterocycles. The monoisotopic (exact) mass is 293 g/mol. The molecule has 2 amide bonds. The van der Waals surface area contributed by atoms with Crippen LogP contribution in [0, 0.1) is 5.92 Å². The topological polar surface area (TPSA) is 52.7 Å². The summed E-state index contributed by atoms with van der Waals surface area (Å²) in [4.78, 5) is 29.0. The van der Waals surface area contributed by atoms with Crippen LogP contribution in [0.15, 0.2) is 17.5 Å². The predicted octanol–water partition coefficient (Wildman–Crippen LogP) is 0.639. The van der Waals surface area contributed by atoms with Crippen LogP contribution in [0.25, 0.3) is 0 Å². The molecule has 0 bridgehead atoms. The number of rotatable bonds is 2. The van der Waals surface area contributed by atoms with Crippen LogP contribution in [0.1, 0.15) is 16.1 Å². The van der Waals surface area contributed by atoms with Gasteiger partial charge in [-0.05, 0) is 30.8 Å². The number of amides is 2. The molecule has 0 spiro atoms. The average molecular weight is 293 g/mol. The van der Waals surface area contributed by atoms with Gasteiger partial charge in [-0.25, -0.2) is 0 Å². The van der Waals surface area contributed by atoms with E-state index < -0.39 is 0 Å². The second-order valence-electron chi connectivity index (χ2n) is 5.55. The molecule has 1 aromatic rings. The minimum absolute atomic E-state index is 0.0472. The maximum Gasteiger partial charge on any atom is 0.263 e. The van der Waals surface area contributed by atoms with Crippen LogP contribution in [-0.4, -0.2) is 60.9 Å². The third-order valence-electron chi connectivity index (χ3n) is 4.52. The quantitative estimate of drug-likeness (QED) is 0.870. The molecule has 2 saturated heterocycles. The van der Waals surface area contributed by atoms with E-state index in [-0.39, 0.29) is 17.9 Å². The molecule has 20 heavy (non-hydrogen) atoms. The van der Waals surface area contributed by atoms with Crippen LogP contribution in [0.3, 0.4) is 0 Å². The number of carbonyl (C=O) groups excluding carboxylic acids is 2. The first-order chi connectivity index (χ1) is 9.61. The maximum atomic E-state index is 12.4. The minimum atomic E-state index is -0.0472. The summed E-state index contributed by atoms with van der Waals surface area (Å²) in [6, 6.07) is 4.04. The fraction of sp³-hybridized carbons (Fsp3) is 0.571. The normalized spacial score (nSPS) is 29.5. The summed E-state index contributed by atoms with van der Waals surface area (Å²) in [6.45, 7) is 1.49. The van der Waals surface area contributed by atoms with Crippen molar-refractivity contribution >= 4 is 23.2 Å². The zero-order valence-corrected chi connectivity index (χ0v) is 12.5. The first-order valence-electron chi connectivity index (χ1n) is 6.88. The Hall–Kier alpha value is -1.40. The van der Waals surface area contributed by atoms with E-state index in [4.69, 9.17) is 0 Å². The lowest BCUT2D eigenvalue weighted by Crippen LogP contribution is -2.45. The van der Waals surface area contributed by atoms with E-state index in [9.17, 15) is 9.59 Å². The smallest absolute Gasteiger partial charge is 0.263 e. The van der Waals surface area contributed by atoms with Crippen molar-refractivity contribution in [3.8, 4) is 0 Å². The minimum Gasteiger partial charge on any atom is -0.358 e. The van der Waals surface area contributed by atoms with Crippen molar-refractivity contribution in [3.05, 3.63) is 22.4 Å². The number of likely N-dealkylation sites (N-methyl/N-ethyl adjacent to an activating group) is 2. The number of thiophene rings is 1. The number of nitrogens with one attached hydrogen (secondary N) is 1. The molecule has 2 fully saturated rings. The third-order valence-corrected chi connectivity index (χ3v) is 5.37. The Morgan fingerprint density at radius 1 is 1.40 bits per heavy atom. The molecular weight excluding hydrogens is 274 g/mol. The second-order valence-corrected chi connectivity index (χ2v) is 6.49. The van der Waals surface area contributed by atoms with Gasteiger partial charge in [-0.3, -0.25) is 14.5 Å². The summed E-state index contributed by atoms with van der Waals surface area (Å²) in [5, 5.41) is 4.65. The van der Waals surface area contributed by atoms with Gasteiger partial charge in [0.1, 0.15) is 0 Å². The van der Waals surface area contributed by atoms with E-state index in [1.807, 2.05) is 29.5 Å². The Balaban J connectivity index is 1.68. The van der Waals surface area contributed by atoms with Crippen LogP contribution in [0.4, 0.5) is 0 Å². The lowest BCUT2D eigenvalue weighted by Gasteiger charge is -2.25. The fourth-order valence-corrected chi connectivity index (χ4v) is 4.10. The Bertz CT molecular complexity index is 516. The Morgan fingerprint density at radius 3 is 2.80 bits per heavy atom. The van der Waals surface area contributed by atoms with E-state index in [1.54, 1.807) is 7.05 Å². The Kier molecular flexibility index (Phi) is 3.52. The van der Waals surface area contributed by atoms with Gasteiger partial charge in [0.15, 0.2) is 0 Å². The molecule has 0 radical (unpaired) electrons. The number of carbonyl (C=O) groups is 2. The SMILES string of the molecule is CNC(=O)[C@@H]1C[C@H]2CN(C(=O)c3cccs3)C[C@H]2N1C. The highest BCUT2D eigenvalue weighted by molar-refractivity contribution is 7.12. The summed E-state index contributed by atoms with van der Waals surface area (Å²) in [5.74, 6) is 0.614. The van der Waals surface area contributed by atoms with Crippen molar-refractivity contribution in [1.82, 2.24) is 15.1 Å². The van der Waals surface area contributed by atoms with Crippen LogP contribution in [0.5, 0.6) is 0 Å².